The van der Waals surface area contributed by atoms with E-state index >= 15 is 0 Å². The molecule has 4 rings (SSSR count). The van der Waals surface area contributed by atoms with Crippen molar-refractivity contribution >= 4 is 28.6 Å². The molecule has 1 heterocycles. The van der Waals surface area contributed by atoms with Gasteiger partial charge < -0.3 is 5.32 Å². The number of aryl methyl sites for hydroxylation is 1. The van der Waals surface area contributed by atoms with Gasteiger partial charge in [-0.1, -0.05) is 60.3 Å². The molecule has 0 atom stereocenters. The topological polar surface area (TPSA) is 64.0 Å². The van der Waals surface area contributed by atoms with Gasteiger partial charge in [-0.05, 0) is 42.3 Å². The number of aromatic nitrogens is 2. The van der Waals surface area contributed by atoms with Crippen molar-refractivity contribution in [2.75, 3.05) is 5.75 Å². The minimum absolute atomic E-state index is 0.0467. The van der Waals surface area contributed by atoms with E-state index in [1.807, 2.05) is 31.2 Å². The lowest BCUT2D eigenvalue weighted by atomic mass is 10.1. The molecule has 0 aliphatic carbocycles. The predicted octanol–water partition coefficient (Wildman–Crippen LogP) is 4.24. The number of carbonyl (C=O) groups is 1. The Morgan fingerprint density at radius 3 is 2.55 bits per heavy atom. The Kier molecular flexibility index (Phi) is 6.13. The van der Waals surface area contributed by atoms with Crippen molar-refractivity contribution in [3.63, 3.8) is 0 Å². The van der Waals surface area contributed by atoms with Gasteiger partial charge in [0.05, 0.1) is 22.3 Å². The molecule has 0 bridgehead atoms. The second kappa shape index (κ2) is 9.14. The van der Waals surface area contributed by atoms with Crippen LogP contribution in [0.3, 0.4) is 0 Å². The van der Waals surface area contributed by atoms with Gasteiger partial charge in [-0.2, -0.15) is 0 Å². The van der Waals surface area contributed by atoms with E-state index in [0.717, 1.165) is 22.9 Å². The molecule has 0 spiro atoms. The van der Waals surface area contributed by atoms with E-state index in [-0.39, 0.29) is 28.1 Å². The lowest BCUT2D eigenvalue weighted by Crippen LogP contribution is -2.26. The van der Waals surface area contributed by atoms with Gasteiger partial charge in [-0.25, -0.2) is 9.37 Å². The maximum Gasteiger partial charge on any atom is 0.266 e. The van der Waals surface area contributed by atoms with Crippen LogP contribution in [-0.4, -0.2) is 21.2 Å². The van der Waals surface area contributed by atoms with E-state index in [9.17, 15) is 14.0 Å². The average Bonchev–Trinajstić information content (AvgIpc) is 2.78. The monoisotopic (exact) mass is 433 g/mol. The summed E-state index contributed by atoms with van der Waals surface area (Å²) >= 11 is 1.10. The van der Waals surface area contributed by atoms with E-state index < -0.39 is 5.82 Å². The number of hydrogen-bond donors (Lipinski definition) is 1. The fraction of sp³-hybridized carbons (Fsp3) is 0.125. The maximum absolute atomic E-state index is 14.5. The van der Waals surface area contributed by atoms with E-state index in [0.29, 0.717) is 17.4 Å². The molecular formula is C24H20FN3O2S. The van der Waals surface area contributed by atoms with Crippen molar-refractivity contribution in [3.8, 4) is 5.69 Å². The third-order valence-electron chi connectivity index (χ3n) is 4.91. The summed E-state index contributed by atoms with van der Waals surface area (Å²) in [4.78, 5) is 30.1. The van der Waals surface area contributed by atoms with Crippen molar-refractivity contribution in [2.45, 2.75) is 18.6 Å². The van der Waals surface area contributed by atoms with Crippen LogP contribution in [0.4, 0.5) is 4.39 Å². The van der Waals surface area contributed by atoms with E-state index in [1.54, 1.807) is 36.4 Å². The molecule has 0 aliphatic heterocycles. The highest BCUT2D eigenvalue weighted by atomic mass is 32.2. The molecule has 3 aromatic carbocycles. The second-order valence-corrected chi connectivity index (χ2v) is 7.94. The molecule has 1 aromatic heterocycles. The molecule has 1 amide bonds. The predicted molar refractivity (Wildman–Crippen MR) is 121 cm³/mol. The SMILES string of the molecule is Cc1ccccc1CNC(=O)CSc1nc2ccccc2c(=O)n1-c1ccccc1F. The molecule has 5 nitrogen and oxygen atoms in total. The highest BCUT2D eigenvalue weighted by molar-refractivity contribution is 7.99. The molecule has 0 fully saturated rings. The van der Waals surface area contributed by atoms with Crippen LogP contribution in [0.5, 0.6) is 0 Å². The number of fused-ring (bicyclic) bond motifs is 1. The van der Waals surface area contributed by atoms with Crippen LogP contribution in [0.2, 0.25) is 0 Å². The number of para-hydroxylation sites is 2. The van der Waals surface area contributed by atoms with Gasteiger partial charge in [0.1, 0.15) is 5.82 Å². The normalized spacial score (nSPS) is 10.9. The van der Waals surface area contributed by atoms with E-state index in [1.165, 1.54) is 16.7 Å². The lowest BCUT2D eigenvalue weighted by Gasteiger charge is -2.14. The van der Waals surface area contributed by atoms with Crippen LogP contribution in [0.25, 0.3) is 16.6 Å². The molecule has 31 heavy (non-hydrogen) atoms. The second-order valence-electron chi connectivity index (χ2n) is 7.00. The van der Waals surface area contributed by atoms with Crippen LogP contribution < -0.4 is 10.9 Å². The standard InChI is InChI=1S/C24H20FN3O2S/c1-16-8-2-3-9-17(16)14-26-22(29)15-31-24-27-20-12-6-4-10-18(20)23(30)28(24)21-13-7-5-11-19(21)25/h2-13H,14-15H2,1H3,(H,26,29). The Bertz CT molecular complexity index is 1320. The fourth-order valence-electron chi connectivity index (χ4n) is 3.24. The highest BCUT2D eigenvalue weighted by Crippen LogP contribution is 2.22. The fourth-order valence-corrected chi connectivity index (χ4v) is 4.07. The molecule has 0 saturated heterocycles. The number of rotatable bonds is 6. The Labute approximate surface area is 182 Å². The summed E-state index contributed by atoms with van der Waals surface area (Å²) in [6, 6.07) is 20.8. The number of nitrogens with zero attached hydrogens (tertiary/aromatic N) is 2. The smallest absolute Gasteiger partial charge is 0.266 e. The first kappa shape index (κ1) is 20.8. The summed E-state index contributed by atoms with van der Waals surface area (Å²) in [6.07, 6.45) is 0. The summed E-state index contributed by atoms with van der Waals surface area (Å²) < 4.78 is 15.7. The Balaban J connectivity index is 1.61. The number of benzene rings is 3. The lowest BCUT2D eigenvalue weighted by molar-refractivity contribution is -0.118. The molecule has 0 radical (unpaired) electrons. The zero-order valence-corrected chi connectivity index (χ0v) is 17.7. The summed E-state index contributed by atoms with van der Waals surface area (Å²) in [6.45, 7) is 2.40. The molecular weight excluding hydrogens is 413 g/mol. The molecule has 156 valence electrons. The maximum atomic E-state index is 14.5. The van der Waals surface area contributed by atoms with Gasteiger partial charge in [0.25, 0.3) is 5.56 Å². The zero-order valence-electron chi connectivity index (χ0n) is 16.8. The Hall–Kier alpha value is -3.45. The summed E-state index contributed by atoms with van der Waals surface area (Å²) in [5.41, 5.74) is 2.36. The largest absolute Gasteiger partial charge is 0.351 e. The third kappa shape index (κ3) is 4.51. The minimum atomic E-state index is -0.535. The average molecular weight is 434 g/mol. The highest BCUT2D eigenvalue weighted by Gasteiger charge is 2.17. The third-order valence-corrected chi connectivity index (χ3v) is 5.85. The number of hydrogen-bond acceptors (Lipinski definition) is 4. The summed E-state index contributed by atoms with van der Waals surface area (Å²) in [5, 5.41) is 3.54. The molecule has 0 saturated carbocycles. The van der Waals surface area contributed by atoms with Crippen molar-refractivity contribution in [1.29, 1.82) is 0 Å². The Morgan fingerprint density at radius 1 is 1.03 bits per heavy atom. The minimum Gasteiger partial charge on any atom is -0.351 e. The summed E-state index contributed by atoms with van der Waals surface area (Å²) in [7, 11) is 0. The first-order valence-electron chi connectivity index (χ1n) is 9.75. The molecule has 0 unspecified atom stereocenters. The number of thioether (sulfide) groups is 1. The van der Waals surface area contributed by atoms with Gasteiger partial charge in [-0.15, -0.1) is 0 Å². The molecule has 4 aromatic rings. The van der Waals surface area contributed by atoms with E-state index in [4.69, 9.17) is 0 Å². The van der Waals surface area contributed by atoms with Crippen molar-refractivity contribution in [2.24, 2.45) is 0 Å². The van der Waals surface area contributed by atoms with Gasteiger partial charge in [-0.3, -0.25) is 14.2 Å². The molecule has 0 aliphatic rings. The number of nitrogens with one attached hydrogen (secondary N) is 1. The van der Waals surface area contributed by atoms with Crippen molar-refractivity contribution < 1.29 is 9.18 Å². The van der Waals surface area contributed by atoms with E-state index in [2.05, 4.69) is 10.3 Å². The first-order chi connectivity index (χ1) is 15.0. The first-order valence-corrected chi connectivity index (χ1v) is 10.7. The van der Waals surface area contributed by atoms with Gasteiger partial charge >= 0.3 is 0 Å². The van der Waals surface area contributed by atoms with Crippen LogP contribution in [0.15, 0.2) is 82.7 Å². The quantitative estimate of drug-likeness (QED) is 0.365. The summed E-state index contributed by atoms with van der Waals surface area (Å²) in [5.74, 6) is -0.686. The number of halogens is 1. The van der Waals surface area contributed by atoms with Crippen LogP contribution in [0, 0.1) is 12.7 Å². The number of amides is 1. The number of carbonyl (C=O) groups excluding carboxylic acids is 1. The van der Waals surface area contributed by atoms with Crippen molar-refractivity contribution in [3.05, 3.63) is 100 Å². The van der Waals surface area contributed by atoms with Crippen LogP contribution >= 0.6 is 11.8 Å². The van der Waals surface area contributed by atoms with Gasteiger partial charge in [0, 0.05) is 6.54 Å². The zero-order chi connectivity index (χ0) is 21.8. The molecule has 7 heteroatoms. The van der Waals surface area contributed by atoms with Crippen molar-refractivity contribution in [1.82, 2.24) is 14.9 Å². The van der Waals surface area contributed by atoms with Crippen LogP contribution in [-0.2, 0) is 11.3 Å². The van der Waals surface area contributed by atoms with Crippen LogP contribution in [0.1, 0.15) is 11.1 Å². The Morgan fingerprint density at radius 2 is 1.74 bits per heavy atom. The molecule has 1 N–H and O–H groups in total. The van der Waals surface area contributed by atoms with Gasteiger partial charge in [0.15, 0.2) is 5.16 Å². The van der Waals surface area contributed by atoms with Gasteiger partial charge in [0.2, 0.25) is 5.91 Å².